The van der Waals surface area contributed by atoms with E-state index in [2.05, 4.69) is 20.3 Å². The number of halogens is 1. The number of guanidine groups is 1. The SMILES string of the molecule is CN=C(NCCOC1CCCCCC1)NCc1ccc(S(=O)(=O)NC2CC2)cc1.I. The highest BCUT2D eigenvalue weighted by Gasteiger charge is 2.27. The number of nitrogens with one attached hydrogen (secondary N) is 3. The number of hydrogen-bond donors (Lipinski definition) is 3. The molecular formula is C21H35IN4O3S. The quantitative estimate of drug-likeness (QED) is 0.145. The third kappa shape index (κ3) is 8.68. The summed E-state index contributed by atoms with van der Waals surface area (Å²) in [5.74, 6) is 0.710. The van der Waals surface area contributed by atoms with Crippen LogP contribution >= 0.6 is 24.0 Å². The molecule has 0 spiro atoms. The molecule has 2 aliphatic rings. The summed E-state index contributed by atoms with van der Waals surface area (Å²) >= 11 is 0. The van der Waals surface area contributed by atoms with E-state index in [4.69, 9.17) is 4.74 Å². The molecule has 0 radical (unpaired) electrons. The fourth-order valence-electron chi connectivity index (χ4n) is 3.49. The molecule has 0 unspecified atom stereocenters. The molecule has 2 saturated carbocycles. The summed E-state index contributed by atoms with van der Waals surface area (Å²) in [6.45, 7) is 1.95. The molecule has 0 bridgehead atoms. The summed E-state index contributed by atoms with van der Waals surface area (Å²) in [5, 5.41) is 6.52. The van der Waals surface area contributed by atoms with Gasteiger partial charge in [-0.1, -0.05) is 37.8 Å². The monoisotopic (exact) mass is 550 g/mol. The van der Waals surface area contributed by atoms with Gasteiger partial charge in [0.25, 0.3) is 0 Å². The van der Waals surface area contributed by atoms with Gasteiger partial charge in [-0.3, -0.25) is 4.99 Å². The molecule has 30 heavy (non-hydrogen) atoms. The first kappa shape index (κ1) is 25.4. The van der Waals surface area contributed by atoms with Gasteiger partial charge in [0.2, 0.25) is 10.0 Å². The average Bonchev–Trinajstić information content (AvgIpc) is 3.55. The Hall–Kier alpha value is -0.910. The molecule has 2 fully saturated rings. The van der Waals surface area contributed by atoms with E-state index in [1.165, 1.54) is 38.5 Å². The van der Waals surface area contributed by atoms with Crippen LogP contribution < -0.4 is 15.4 Å². The van der Waals surface area contributed by atoms with E-state index in [0.29, 0.717) is 36.7 Å². The van der Waals surface area contributed by atoms with Crippen molar-refractivity contribution in [2.75, 3.05) is 20.2 Å². The van der Waals surface area contributed by atoms with E-state index in [0.717, 1.165) is 18.4 Å². The van der Waals surface area contributed by atoms with Gasteiger partial charge < -0.3 is 15.4 Å². The summed E-state index contributed by atoms with van der Waals surface area (Å²) < 4.78 is 33.1. The highest BCUT2D eigenvalue weighted by molar-refractivity contribution is 14.0. The van der Waals surface area contributed by atoms with Gasteiger partial charge in [0.05, 0.1) is 17.6 Å². The minimum absolute atomic E-state index is 0. The smallest absolute Gasteiger partial charge is 0.240 e. The minimum atomic E-state index is -3.40. The third-order valence-electron chi connectivity index (χ3n) is 5.37. The van der Waals surface area contributed by atoms with Crippen LogP contribution in [0, 0.1) is 0 Å². The van der Waals surface area contributed by atoms with Gasteiger partial charge in [-0.15, -0.1) is 24.0 Å². The Bertz CT molecular complexity index is 759. The van der Waals surface area contributed by atoms with Crippen molar-refractivity contribution in [3.05, 3.63) is 29.8 Å². The van der Waals surface area contributed by atoms with Crippen molar-refractivity contribution in [3.8, 4) is 0 Å². The molecular weight excluding hydrogens is 515 g/mol. The van der Waals surface area contributed by atoms with Crippen LogP contribution in [0.5, 0.6) is 0 Å². The molecule has 2 aliphatic carbocycles. The zero-order valence-corrected chi connectivity index (χ0v) is 20.9. The maximum Gasteiger partial charge on any atom is 0.240 e. The lowest BCUT2D eigenvalue weighted by molar-refractivity contribution is 0.0468. The predicted octanol–water partition coefficient (Wildman–Crippen LogP) is 3.15. The summed E-state index contributed by atoms with van der Waals surface area (Å²) in [5.41, 5.74) is 0.994. The van der Waals surface area contributed by atoms with Crippen LogP contribution in [0.3, 0.4) is 0 Å². The molecule has 3 rings (SSSR count). The molecule has 0 saturated heterocycles. The Labute approximate surface area is 197 Å². The number of ether oxygens (including phenoxy) is 1. The Morgan fingerprint density at radius 1 is 1.03 bits per heavy atom. The highest BCUT2D eigenvalue weighted by Crippen LogP contribution is 2.22. The molecule has 0 amide bonds. The number of hydrogen-bond acceptors (Lipinski definition) is 4. The van der Waals surface area contributed by atoms with Gasteiger partial charge in [0, 0.05) is 26.2 Å². The first-order valence-electron chi connectivity index (χ1n) is 10.7. The molecule has 0 atom stereocenters. The third-order valence-corrected chi connectivity index (χ3v) is 6.90. The van der Waals surface area contributed by atoms with Crippen molar-refractivity contribution in [1.82, 2.24) is 15.4 Å². The number of nitrogens with zero attached hydrogens (tertiary/aromatic N) is 1. The number of rotatable bonds is 9. The van der Waals surface area contributed by atoms with E-state index in [1.807, 2.05) is 12.1 Å². The minimum Gasteiger partial charge on any atom is -0.376 e. The van der Waals surface area contributed by atoms with Gasteiger partial charge in [0.15, 0.2) is 5.96 Å². The zero-order valence-electron chi connectivity index (χ0n) is 17.7. The second-order valence-electron chi connectivity index (χ2n) is 7.88. The van der Waals surface area contributed by atoms with Crippen molar-refractivity contribution in [3.63, 3.8) is 0 Å². The number of aliphatic imine (C=N–C) groups is 1. The molecule has 170 valence electrons. The van der Waals surface area contributed by atoms with E-state index in [9.17, 15) is 8.42 Å². The Balaban J connectivity index is 0.00000320. The molecule has 1 aromatic rings. The van der Waals surface area contributed by atoms with Crippen molar-refractivity contribution >= 4 is 40.0 Å². The molecule has 7 nitrogen and oxygen atoms in total. The Morgan fingerprint density at radius 3 is 2.30 bits per heavy atom. The van der Waals surface area contributed by atoms with E-state index >= 15 is 0 Å². The van der Waals surface area contributed by atoms with E-state index in [1.54, 1.807) is 19.2 Å². The summed E-state index contributed by atoms with van der Waals surface area (Å²) in [7, 11) is -1.66. The Morgan fingerprint density at radius 2 is 1.70 bits per heavy atom. The standard InChI is InChI=1S/C21H34N4O3S.HI/c1-22-21(23-14-15-28-19-6-4-2-3-5-7-19)24-16-17-8-12-20(13-9-17)29(26,27)25-18-10-11-18;/h8-9,12-13,18-19,25H,2-7,10-11,14-16H2,1H3,(H2,22,23,24);1H. The van der Waals surface area contributed by atoms with Crippen molar-refractivity contribution in [2.45, 2.75) is 75.0 Å². The maximum absolute atomic E-state index is 12.2. The summed E-state index contributed by atoms with van der Waals surface area (Å²) in [6.07, 6.45) is 9.83. The van der Waals surface area contributed by atoms with Crippen LogP contribution in [0.15, 0.2) is 34.2 Å². The van der Waals surface area contributed by atoms with Gasteiger partial charge >= 0.3 is 0 Å². The molecule has 9 heteroatoms. The van der Waals surface area contributed by atoms with Crippen LogP contribution in [-0.2, 0) is 21.3 Å². The van der Waals surface area contributed by atoms with Gasteiger partial charge in [-0.2, -0.15) is 0 Å². The molecule has 3 N–H and O–H groups in total. The van der Waals surface area contributed by atoms with Gasteiger partial charge in [-0.25, -0.2) is 13.1 Å². The normalized spacial score (nSPS) is 18.4. The largest absolute Gasteiger partial charge is 0.376 e. The highest BCUT2D eigenvalue weighted by atomic mass is 127. The average molecular weight is 551 g/mol. The lowest BCUT2D eigenvalue weighted by atomic mass is 10.1. The maximum atomic E-state index is 12.2. The second-order valence-corrected chi connectivity index (χ2v) is 9.59. The fourth-order valence-corrected chi connectivity index (χ4v) is 4.79. The fraction of sp³-hybridized carbons (Fsp3) is 0.667. The van der Waals surface area contributed by atoms with Crippen LogP contribution in [0.2, 0.25) is 0 Å². The summed E-state index contributed by atoms with van der Waals surface area (Å²) in [6, 6.07) is 7.08. The van der Waals surface area contributed by atoms with Crippen molar-refractivity contribution in [1.29, 1.82) is 0 Å². The lowest BCUT2D eigenvalue weighted by Gasteiger charge is -2.17. The Kier molecular flexibility index (Phi) is 10.8. The van der Waals surface area contributed by atoms with Gasteiger partial charge in [0.1, 0.15) is 0 Å². The molecule has 0 heterocycles. The van der Waals surface area contributed by atoms with E-state index in [-0.39, 0.29) is 30.0 Å². The van der Waals surface area contributed by atoms with Crippen LogP contribution in [0.4, 0.5) is 0 Å². The zero-order chi connectivity index (χ0) is 20.5. The first-order valence-corrected chi connectivity index (χ1v) is 12.2. The molecule has 0 aromatic heterocycles. The second kappa shape index (κ2) is 12.8. The first-order chi connectivity index (χ1) is 14.1. The topological polar surface area (TPSA) is 91.8 Å². The number of sulfonamides is 1. The molecule has 1 aromatic carbocycles. The van der Waals surface area contributed by atoms with Crippen molar-refractivity contribution in [2.24, 2.45) is 4.99 Å². The lowest BCUT2D eigenvalue weighted by Crippen LogP contribution is -2.38. The van der Waals surface area contributed by atoms with Crippen LogP contribution in [0.25, 0.3) is 0 Å². The summed E-state index contributed by atoms with van der Waals surface area (Å²) in [4.78, 5) is 4.54. The van der Waals surface area contributed by atoms with Crippen molar-refractivity contribution < 1.29 is 13.2 Å². The predicted molar refractivity (Wildman–Crippen MR) is 131 cm³/mol. The van der Waals surface area contributed by atoms with E-state index < -0.39 is 10.0 Å². The van der Waals surface area contributed by atoms with Crippen LogP contribution in [0.1, 0.15) is 56.9 Å². The van der Waals surface area contributed by atoms with Gasteiger partial charge in [-0.05, 0) is 43.4 Å². The number of benzene rings is 1. The molecule has 0 aliphatic heterocycles. The van der Waals surface area contributed by atoms with Crippen LogP contribution in [-0.4, -0.2) is 46.7 Å².